The van der Waals surface area contributed by atoms with Gasteiger partial charge in [0.1, 0.15) is 0 Å². The van der Waals surface area contributed by atoms with Crippen LogP contribution < -0.4 is 0 Å². The Balaban J connectivity index is 1.93. The van der Waals surface area contributed by atoms with E-state index in [1.54, 1.807) is 6.07 Å². The Bertz CT molecular complexity index is 1300. The molecule has 4 heteroatoms. The van der Waals surface area contributed by atoms with Crippen molar-refractivity contribution in [3.63, 3.8) is 0 Å². The monoisotopic (exact) mass is 448 g/mol. The molecule has 0 heterocycles. The molecular weight excluding hydrogens is 424 g/mol. The number of halogens is 4. The van der Waals surface area contributed by atoms with E-state index in [1.165, 1.54) is 0 Å². The Labute approximate surface area is 191 Å². The van der Waals surface area contributed by atoms with Gasteiger partial charge < -0.3 is 0 Å². The fourth-order valence-electron chi connectivity index (χ4n) is 4.61. The van der Waals surface area contributed by atoms with Crippen LogP contribution in [0.4, 0.5) is 17.6 Å². The highest BCUT2D eigenvalue weighted by atomic mass is 19.2. The first-order valence-corrected chi connectivity index (χ1v) is 11.1. The number of hydrogen-bond donors (Lipinski definition) is 0. The Morgan fingerprint density at radius 2 is 1.73 bits per heavy atom. The van der Waals surface area contributed by atoms with Crippen molar-refractivity contribution in [2.75, 3.05) is 0 Å². The van der Waals surface area contributed by atoms with Crippen molar-refractivity contribution < 1.29 is 17.6 Å². The molecule has 0 saturated heterocycles. The van der Waals surface area contributed by atoms with Crippen molar-refractivity contribution in [3.05, 3.63) is 106 Å². The molecule has 1 aliphatic carbocycles. The summed E-state index contributed by atoms with van der Waals surface area (Å²) in [5.74, 6) is 1.49. The molecule has 2 atom stereocenters. The number of benzene rings is 3. The molecule has 2 unspecified atom stereocenters. The van der Waals surface area contributed by atoms with E-state index in [2.05, 4.69) is 18.8 Å². The second kappa shape index (κ2) is 9.27. The zero-order chi connectivity index (χ0) is 23.6. The third kappa shape index (κ3) is 4.33. The summed E-state index contributed by atoms with van der Waals surface area (Å²) in [4.78, 5) is 0. The van der Waals surface area contributed by atoms with Gasteiger partial charge in [0.05, 0.1) is 0 Å². The Kier molecular flexibility index (Phi) is 6.42. The predicted molar refractivity (Wildman–Crippen MR) is 125 cm³/mol. The van der Waals surface area contributed by atoms with E-state index in [9.17, 15) is 13.2 Å². The highest BCUT2D eigenvalue weighted by molar-refractivity contribution is 5.89. The van der Waals surface area contributed by atoms with E-state index >= 15 is 4.39 Å². The van der Waals surface area contributed by atoms with Crippen LogP contribution in [0.1, 0.15) is 49.8 Å². The molecule has 0 spiro atoms. The van der Waals surface area contributed by atoms with Gasteiger partial charge in [0.2, 0.25) is 0 Å². The fraction of sp³-hybridized carbons (Fsp3) is 0.241. The highest BCUT2D eigenvalue weighted by Gasteiger charge is 2.41. The molecule has 33 heavy (non-hydrogen) atoms. The van der Waals surface area contributed by atoms with Crippen molar-refractivity contribution >= 4 is 10.8 Å². The summed E-state index contributed by atoms with van der Waals surface area (Å²) in [5, 5.41) is 1.62. The van der Waals surface area contributed by atoms with Crippen molar-refractivity contribution in [3.8, 4) is 11.8 Å². The van der Waals surface area contributed by atoms with Crippen LogP contribution in [-0.2, 0) is 5.67 Å². The summed E-state index contributed by atoms with van der Waals surface area (Å²) in [5.41, 5.74) is -0.198. The summed E-state index contributed by atoms with van der Waals surface area (Å²) in [7, 11) is 0. The Morgan fingerprint density at radius 3 is 2.45 bits per heavy atom. The van der Waals surface area contributed by atoms with Crippen LogP contribution in [0.15, 0.2) is 72.3 Å². The maximum absolute atomic E-state index is 17.1. The molecule has 0 bridgehead atoms. The van der Waals surface area contributed by atoms with Gasteiger partial charge in [-0.25, -0.2) is 17.6 Å². The first kappa shape index (κ1) is 22.9. The molecule has 0 aromatic heterocycles. The molecule has 3 aromatic carbocycles. The minimum absolute atomic E-state index is 0.0166. The van der Waals surface area contributed by atoms with E-state index in [0.717, 1.165) is 35.7 Å². The minimum Gasteiger partial charge on any atom is -0.233 e. The van der Waals surface area contributed by atoms with Crippen molar-refractivity contribution in [2.45, 2.75) is 38.8 Å². The molecule has 0 radical (unpaired) electrons. The van der Waals surface area contributed by atoms with E-state index in [-0.39, 0.29) is 17.9 Å². The van der Waals surface area contributed by atoms with E-state index in [4.69, 9.17) is 0 Å². The van der Waals surface area contributed by atoms with Gasteiger partial charge in [0.25, 0.3) is 0 Å². The molecule has 0 aliphatic heterocycles. The van der Waals surface area contributed by atoms with E-state index in [0.29, 0.717) is 16.7 Å². The molecule has 1 aliphatic rings. The third-order valence-electron chi connectivity index (χ3n) is 6.17. The van der Waals surface area contributed by atoms with Crippen molar-refractivity contribution in [2.24, 2.45) is 5.92 Å². The van der Waals surface area contributed by atoms with Crippen LogP contribution in [0, 0.1) is 35.2 Å². The van der Waals surface area contributed by atoms with Crippen LogP contribution >= 0.6 is 0 Å². The van der Waals surface area contributed by atoms with Gasteiger partial charge >= 0.3 is 0 Å². The van der Waals surface area contributed by atoms with Crippen LogP contribution in [0.3, 0.4) is 0 Å². The minimum atomic E-state index is -1.77. The SMILES string of the molecule is CCCC(C)C1=CC=CCC1(F)c1c(C#Cc2cc(F)c(F)c(F)c2)ccc2ccccc12. The van der Waals surface area contributed by atoms with Crippen LogP contribution in [0.5, 0.6) is 0 Å². The number of alkyl halides is 1. The van der Waals surface area contributed by atoms with Crippen LogP contribution in [0.25, 0.3) is 10.8 Å². The Morgan fingerprint density at radius 1 is 1.00 bits per heavy atom. The fourth-order valence-corrected chi connectivity index (χ4v) is 4.61. The summed E-state index contributed by atoms with van der Waals surface area (Å²) >= 11 is 0. The number of rotatable bonds is 4. The summed E-state index contributed by atoms with van der Waals surface area (Å²) in [6.45, 7) is 4.11. The van der Waals surface area contributed by atoms with E-state index < -0.39 is 23.1 Å². The molecule has 0 nitrogen and oxygen atoms in total. The first-order chi connectivity index (χ1) is 15.8. The van der Waals surface area contributed by atoms with Gasteiger partial charge in [-0.15, -0.1) is 0 Å². The van der Waals surface area contributed by atoms with Crippen molar-refractivity contribution in [1.82, 2.24) is 0 Å². The molecule has 0 saturated carbocycles. The lowest BCUT2D eigenvalue weighted by atomic mass is 9.73. The zero-order valence-electron chi connectivity index (χ0n) is 18.6. The molecule has 4 rings (SSSR count). The highest BCUT2D eigenvalue weighted by Crippen LogP contribution is 2.48. The molecular formula is C29H24F4. The van der Waals surface area contributed by atoms with Gasteiger partial charge in [-0.3, -0.25) is 0 Å². The average Bonchev–Trinajstić information content (AvgIpc) is 2.81. The average molecular weight is 449 g/mol. The van der Waals surface area contributed by atoms with Crippen molar-refractivity contribution in [1.29, 1.82) is 0 Å². The standard InChI is InChI=1S/C29H24F4/c1-3-8-19(2)24-11-6-7-16-29(24,33)27-22(15-14-21-9-4-5-10-23(21)27)13-12-20-17-25(30)28(32)26(31)18-20/h4-7,9-11,14-15,17-19H,3,8,16H2,1-2H3. The molecule has 3 aromatic rings. The molecule has 0 fully saturated rings. The maximum Gasteiger partial charge on any atom is 0.194 e. The first-order valence-electron chi connectivity index (χ1n) is 11.1. The molecule has 0 N–H and O–H groups in total. The topological polar surface area (TPSA) is 0 Å². The largest absolute Gasteiger partial charge is 0.233 e. The maximum atomic E-state index is 17.1. The second-order valence-electron chi connectivity index (χ2n) is 8.46. The van der Waals surface area contributed by atoms with E-state index in [1.807, 2.05) is 55.5 Å². The quantitative estimate of drug-likeness (QED) is 0.215. The zero-order valence-corrected chi connectivity index (χ0v) is 18.6. The lowest BCUT2D eigenvalue weighted by molar-refractivity contribution is 0.198. The number of allylic oxidation sites excluding steroid dienone is 4. The summed E-state index contributed by atoms with van der Waals surface area (Å²) in [6, 6.07) is 12.8. The van der Waals surface area contributed by atoms with Gasteiger partial charge in [-0.2, -0.15) is 0 Å². The number of fused-ring (bicyclic) bond motifs is 1. The third-order valence-corrected chi connectivity index (χ3v) is 6.17. The molecule has 0 amide bonds. The molecule has 168 valence electrons. The van der Waals surface area contributed by atoms with Gasteiger partial charge in [0, 0.05) is 23.1 Å². The normalized spacial score (nSPS) is 18.5. The number of hydrogen-bond acceptors (Lipinski definition) is 0. The van der Waals surface area contributed by atoms with Gasteiger partial charge in [-0.05, 0) is 46.9 Å². The van der Waals surface area contributed by atoms with Gasteiger partial charge in [-0.1, -0.05) is 80.7 Å². The smallest absolute Gasteiger partial charge is 0.194 e. The van der Waals surface area contributed by atoms with Crippen LogP contribution in [-0.4, -0.2) is 0 Å². The second-order valence-corrected chi connectivity index (χ2v) is 8.46. The van der Waals surface area contributed by atoms with Crippen LogP contribution in [0.2, 0.25) is 0 Å². The Hall–Kier alpha value is -3.32. The lowest BCUT2D eigenvalue weighted by Crippen LogP contribution is -2.29. The lowest BCUT2D eigenvalue weighted by Gasteiger charge is -2.35. The summed E-state index contributed by atoms with van der Waals surface area (Å²) in [6.07, 6.45) is 7.52. The summed E-state index contributed by atoms with van der Waals surface area (Å²) < 4.78 is 57.7. The predicted octanol–water partition coefficient (Wildman–Crippen LogP) is 8.14. The van der Waals surface area contributed by atoms with Gasteiger partial charge in [0.15, 0.2) is 23.1 Å².